The maximum atomic E-state index is 10.7. The zero-order valence-corrected chi connectivity index (χ0v) is 23.3. The first-order valence-corrected chi connectivity index (χ1v) is 13.7. The third kappa shape index (κ3) is 4.71. The van der Waals surface area contributed by atoms with Crippen molar-refractivity contribution in [3.8, 4) is 0 Å². The summed E-state index contributed by atoms with van der Waals surface area (Å²) in [5.74, 6) is 1.33. The van der Waals surface area contributed by atoms with Crippen LogP contribution in [0, 0.1) is 12.8 Å². The molecule has 0 amide bonds. The Morgan fingerprint density at radius 1 is 1.17 bits per heavy atom. The third-order valence-electron chi connectivity index (χ3n) is 8.06. The van der Waals surface area contributed by atoms with Crippen LogP contribution in [-0.2, 0) is 0 Å². The molecule has 0 radical (unpaired) electrons. The van der Waals surface area contributed by atoms with Crippen LogP contribution in [0.5, 0.6) is 0 Å². The Morgan fingerprint density at radius 3 is 2.64 bits per heavy atom. The van der Waals surface area contributed by atoms with Gasteiger partial charge in [-0.3, -0.25) is 4.90 Å². The minimum atomic E-state index is -0.677. The highest BCUT2D eigenvalue weighted by Crippen LogP contribution is 2.35. The Hall–Kier alpha value is -1.93. The van der Waals surface area contributed by atoms with Crippen molar-refractivity contribution in [2.24, 2.45) is 5.92 Å². The van der Waals surface area contributed by atoms with Crippen molar-refractivity contribution < 1.29 is 5.11 Å². The molecule has 2 aliphatic rings. The Balaban J connectivity index is 1.40. The van der Waals surface area contributed by atoms with Crippen LogP contribution in [0.1, 0.15) is 64.3 Å². The summed E-state index contributed by atoms with van der Waals surface area (Å²) in [7, 11) is 0. The molecule has 0 spiro atoms. The van der Waals surface area contributed by atoms with Crippen molar-refractivity contribution in [2.45, 2.75) is 77.6 Å². The van der Waals surface area contributed by atoms with E-state index in [-0.39, 0.29) is 12.1 Å². The number of hydrogen-bond donors (Lipinski definition) is 1. The molecule has 9 heteroatoms. The maximum Gasteiger partial charge on any atom is 0.179 e. The van der Waals surface area contributed by atoms with Gasteiger partial charge in [0.2, 0.25) is 0 Å². The summed E-state index contributed by atoms with van der Waals surface area (Å²) in [6.45, 7) is 13.1. The zero-order valence-electron chi connectivity index (χ0n) is 21.7. The van der Waals surface area contributed by atoms with Gasteiger partial charge in [0.25, 0.3) is 0 Å². The number of fused-ring (bicyclic) bond motifs is 1. The molecule has 2 aromatic heterocycles. The van der Waals surface area contributed by atoms with Gasteiger partial charge in [-0.2, -0.15) is 5.10 Å². The van der Waals surface area contributed by atoms with Crippen LogP contribution >= 0.6 is 23.2 Å². The van der Waals surface area contributed by atoms with E-state index in [2.05, 4.69) is 23.6 Å². The van der Waals surface area contributed by atoms with E-state index >= 15 is 0 Å². The molecule has 2 unspecified atom stereocenters. The molecule has 36 heavy (non-hydrogen) atoms. The number of anilines is 1. The van der Waals surface area contributed by atoms with Gasteiger partial charge in [-0.15, -0.1) is 0 Å². The van der Waals surface area contributed by atoms with Crippen molar-refractivity contribution in [1.29, 1.82) is 0 Å². The number of halogens is 2. The molecule has 7 nitrogen and oxygen atoms in total. The van der Waals surface area contributed by atoms with E-state index in [0.717, 1.165) is 67.1 Å². The van der Waals surface area contributed by atoms with Crippen LogP contribution in [0.15, 0.2) is 24.4 Å². The molecular weight excluding hydrogens is 495 g/mol. The molecule has 4 atom stereocenters. The predicted molar refractivity (Wildman–Crippen MR) is 146 cm³/mol. The average Bonchev–Trinajstić information content (AvgIpc) is 3.43. The lowest BCUT2D eigenvalue weighted by Gasteiger charge is -2.46. The second-order valence-electron chi connectivity index (χ2n) is 11.1. The van der Waals surface area contributed by atoms with Crippen LogP contribution in [0.25, 0.3) is 11.2 Å². The SMILES string of the molecule is Cc1nn(C(C)c2ccc(Cl)cc2Cl)c2nc(N3CC[C@H](N4CCCC4C(C)(C)O)[C@H](C)C3)cnc12. The quantitative estimate of drug-likeness (QED) is 0.469. The van der Waals surface area contributed by atoms with Crippen molar-refractivity contribution in [2.75, 3.05) is 24.5 Å². The molecule has 2 saturated heterocycles. The largest absolute Gasteiger partial charge is 0.389 e. The number of rotatable bonds is 5. The van der Waals surface area contributed by atoms with Gasteiger partial charge >= 0.3 is 0 Å². The van der Waals surface area contributed by atoms with E-state index in [1.54, 1.807) is 6.07 Å². The van der Waals surface area contributed by atoms with Gasteiger partial charge in [-0.05, 0) is 77.1 Å². The highest BCUT2D eigenvalue weighted by Gasteiger charge is 2.42. The van der Waals surface area contributed by atoms with E-state index < -0.39 is 5.60 Å². The molecule has 2 aliphatic heterocycles. The monoisotopic (exact) mass is 530 g/mol. The fraction of sp³-hybridized carbons (Fsp3) is 0.593. The summed E-state index contributed by atoms with van der Waals surface area (Å²) >= 11 is 12.6. The van der Waals surface area contributed by atoms with E-state index in [0.29, 0.717) is 22.0 Å². The minimum Gasteiger partial charge on any atom is -0.389 e. The molecular formula is C27H36Cl2N6O. The van der Waals surface area contributed by atoms with Crippen LogP contribution < -0.4 is 4.90 Å². The van der Waals surface area contributed by atoms with Crippen LogP contribution in [0.4, 0.5) is 5.82 Å². The summed E-state index contributed by atoms with van der Waals surface area (Å²) in [5.41, 5.74) is 2.69. The van der Waals surface area contributed by atoms with E-state index in [1.807, 2.05) is 43.8 Å². The number of piperidine rings is 1. The molecule has 0 saturated carbocycles. The van der Waals surface area contributed by atoms with Gasteiger partial charge in [-0.25, -0.2) is 14.6 Å². The fourth-order valence-corrected chi connectivity index (χ4v) is 6.78. The molecule has 1 N–H and O–H groups in total. The first kappa shape index (κ1) is 25.7. The summed E-state index contributed by atoms with van der Waals surface area (Å²) in [5, 5.41) is 16.7. The lowest BCUT2D eigenvalue weighted by molar-refractivity contribution is -0.0284. The van der Waals surface area contributed by atoms with Crippen LogP contribution in [-0.4, -0.2) is 67.1 Å². The number of likely N-dealkylation sites (tertiary alicyclic amines) is 1. The molecule has 1 aromatic carbocycles. The Kier molecular flexibility index (Phi) is 6.96. The molecule has 4 heterocycles. The topological polar surface area (TPSA) is 70.3 Å². The number of nitrogens with zero attached hydrogens (tertiary/aromatic N) is 6. The second-order valence-corrected chi connectivity index (χ2v) is 11.9. The average molecular weight is 532 g/mol. The second kappa shape index (κ2) is 9.75. The third-order valence-corrected chi connectivity index (χ3v) is 8.62. The summed E-state index contributed by atoms with van der Waals surface area (Å²) in [6, 6.07) is 6.14. The van der Waals surface area contributed by atoms with Crippen molar-refractivity contribution in [3.05, 3.63) is 45.7 Å². The van der Waals surface area contributed by atoms with E-state index in [1.165, 1.54) is 0 Å². The van der Waals surface area contributed by atoms with Crippen molar-refractivity contribution in [1.82, 2.24) is 24.6 Å². The van der Waals surface area contributed by atoms with Crippen LogP contribution in [0.3, 0.4) is 0 Å². The highest BCUT2D eigenvalue weighted by atomic mass is 35.5. The number of benzene rings is 1. The van der Waals surface area contributed by atoms with Gasteiger partial charge in [0.15, 0.2) is 5.65 Å². The van der Waals surface area contributed by atoms with Crippen molar-refractivity contribution in [3.63, 3.8) is 0 Å². The molecule has 194 valence electrons. The first-order valence-electron chi connectivity index (χ1n) is 12.9. The molecule has 0 aliphatic carbocycles. The van der Waals surface area contributed by atoms with E-state index in [9.17, 15) is 5.11 Å². The maximum absolute atomic E-state index is 10.7. The predicted octanol–water partition coefficient (Wildman–Crippen LogP) is 5.50. The normalized spacial score (nSPS) is 24.6. The van der Waals surface area contributed by atoms with E-state index in [4.69, 9.17) is 38.3 Å². The Labute approximate surface area is 223 Å². The Morgan fingerprint density at radius 2 is 1.94 bits per heavy atom. The Bertz CT molecular complexity index is 1260. The standard InChI is InChI=1S/C27H36Cl2N6O/c1-16-15-33(12-10-22(16)34-11-6-7-23(34)27(4,5)36)24-14-30-25-17(2)32-35(26(25)31-24)18(3)20-9-8-19(28)13-21(20)29/h8-9,13-14,16,18,22-23,36H,6-7,10-12,15H2,1-5H3/t16-,18?,22+,23?/m1/s1. The van der Waals surface area contributed by atoms with Crippen molar-refractivity contribution >= 4 is 40.2 Å². The lowest BCUT2D eigenvalue weighted by Crippen LogP contribution is -2.56. The first-order chi connectivity index (χ1) is 17.0. The van der Waals surface area contributed by atoms with Gasteiger partial charge < -0.3 is 10.0 Å². The summed E-state index contributed by atoms with van der Waals surface area (Å²) in [4.78, 5) is 14.7. The number of hydrogen-bond acceptors (Lipinski definition) is 6. The summed E-state index contributed by atoms with van der Waals surface area (Å²) < 4.78 is 1.92. The number of aryl methyl sites for hydroxylation is 1. The summed E-state index contributed by atoms with van der Waals surface area (Å²) in [6.07, 6.45) is 5.15. The van der Waals surface area contributed by atoms with Gasteiger partial charge in [0.1, 0.15) is 11.3 Å². The number of aliphatic hydroxyl groups is 1. The highest BCUT2D eigenvalue weighted by molar-refractivity contribution is 6.35. The smallest absolute Gasteiger partial charge is 0.179 e. The van der Waals surface area contributed by atoms with Gasteiger partial charge in [0.05, 0.1) is 23.5 Å². The molecule has 2 fully saturated rings. The fourth-order valence-electron chi connectivity index (χ4n) is 6.21. The molecule has 3 aromatic rings. The van der Waals surface area contributed by atoms with Gasteiger partial charge in [0, 0.05) is 35.2 Å². The number of aromatic nitrogens is 4. The molecule has 0 bridgehead atoms. The van der Waals surface area contributed by atoms with Crippen LogP contribution in [0.2, 0.25) is 10.0 Å². The lowest BCUT2D eigenvalue weighted by atomic mass is 9.89. The minimum absolute atomic E-state index is 0.117. The van der Waals surface area contributed by atoms with Gasteiger partial charge in [-0.1, -0.05) is 36.2 Å². The molecule has 5 rings (SSSR count). The zero-order chi connectivity index (χ0) is 25.8.